The van der Waals surface area contributed by atoms with Gasteiger partial charge in [-0.25, -0.2) is 4.98 Å². The van der Waals surface area contributed by atoms with Crippen LogP contribution in [0.15, 0.2) is 11.1 Å². The monoisotopic (exact) mass is 271 g/mol. The van der Waals surface area contributed by atoms with Crippen molar-refractivity contribution in [1.82, 2.24) is 19.9 Å². The molecule has 12 heteroatoms. The number of phosphoric acid groups is 1. The third-order valence-electron chi connectivity index (χ3n) is 1.31. The Morgan fingerprint density at radius 1 is 1.47 bits per heavy atom. The number of nitrogens with one attached hydrogen (secondary N) is 2. The number of H-pyrrole nitrogens is 2. The van der Waals surface area contributed by atoms with E-state index >= 15 is 0 Å². The van der Waals surface area contributed by atoms with E-state index in [1.807, 2.05) is 0 Å². The molecular formula is C5H7N5NaO5P. The molecule has 0 bridgehead atoms. The number of fused-ring (bicyclic) bond motifs is 1. The average molecular weight is 271 g/mol. The van der Waals surface area contributed by atoms with Gasteiger partial charge in [0.2, 0.25) is 5.95 Å². The Labute approximate surface area is 116 Å². The molecule has 0 aliphatic carbocycles. The van der Waals surface area contributed by atoms with Crippen LogP contribution < -0.4 is 45.7 Å². The van der Waals surface area contributed by atoms with E-state index in [2.05, 4.69) is 19.9 Å². The number of imidazole rings is 1. The molecule has 2 aromatic heterocycles. The smallest absolute Gasteiger partial charge is 0.756 e. The molecule has 0 saturated carbocycles. The fourth-order valence-electron chi connectivity index (χ4n) is 0.860. The van der Waals surface area contributed by atoms with Crippen molar-refractivity contribution < 1.29 is 48.8 Å². The second-order valence-corrected chi connectivity index (χ2v) is 3.52. The third kappa shape index (κ3) is 5.94. The number of aromatic nitrogens is 4. The van der Waals surface area contributed by atoms with Gasteiger partial charge in [0.1, 0.15) is 0 Å². The van der Waals surface area contributed by atoms with Crippen molar-refractivity contribution >= 4 is 24.9 Å². The Morgan fingerprint density at radius 2 is 2.00 bits per heavy atom. The summed E-state index contributed by atoms with van der Waals surface area (Å²) in [6.45, 7) is 0. The molecular weight excluding hydrogens is 264 g/mol. The van der Waals surface area contributed by atoms with Gasteiger partial charge in [-0.15, -0.1) is 0 Å². The summed E-state index contributed by atoms with van der Waals surface area (Å²) in [4.78, 5) is 46.5. The number of hydrogen-bond acceptors (Lipinski definition) is 6. The number of aromatic amines is 2. The van der Waals surface area contributed by atoms with E-state index in [0.29, 0.717) is 11.2 Å². The van der Waals surface area contributed by atoms with E-state index in [1.165, 1.54) is 6.33 Å². The Kier molecular flexibility index (Phi) is 5.99. The zero-order valence-corrected chi connectivity index (χ0v) is 11.5. The summed E-state index contributed by atoms with van der Waals surface area (Å²) in [6.07, 6.45) is 1.40. The summed E-state index contributed by atoms with van der Waals surface area (Å²) in [7, 11) is -4.89. The van der Waals surface area contributed by atoms with Gasteiger partial charge in [0.15, 0.2) is 11.2 Å². The molecule has 2 heterocycles. The van der Waals surface area contributed by atoms with Gasteiger partial charge in [0, 0.05) is 0 Å². The summed E-state index contributed by atoms with van der Waals surface area (Å²) in [5.41, 5.74) is 5.65. The minimum Gasteiger partial charge on any atom is -0.756 e. The number of nitrogens with zero attached hydrogens (tertiary/aromatic N) is 2. The van der Waals surface area contributed by atoms with Gasteiger partial charge in [-0.05, 0) is 0 Å². The first-order valence-electron chi connectivity index (χ1n) is 3.73. The quantitative estimate of drug-likeness (QED) is 0.232. The normalized spacial score (nSPS) is 10.3. The standard InChI is InChI=1S/C5H5N5O.Na.H3O4P/c6-5-9-3-2(4(11)10-5)7-1-8-3;;1-5(2,3)4/h1H,(H4,6,7,8,9,10,11);;(H3,1,2,3,4)/q;+1;/p-1. The molecule has 2 rings (SSSR count). The molecule has 0 aliphatic rings. The second kappa shape index (κ2) is 6.26. The first-order valence-corrected chi connectivity index (χ1v) is 5.26. The maximum absolute atomic E-state index is 11.0. The first kappa shape index (κ1) is 16.3. The third-order valence-corrected chi connectivity index (χ3v) is 1.31. The Morgan fingerprint density at radius 3 is 2.53 bits per heavy atom. The number of hydrogen-bond donors (Lipinski definition) is 5. The van der Waals surface area contributed by atoms with Gasteiger partial charge in [-0.3, -0.25) is 14.3 Å². The number of nitrogens with two attached hydrogens (primary N) is 1. The van der Waals surface area contributed by atoms with E-state index in [0.717, 1.165) is 0 Å². The van der Waals surface area contributed by atoms with Crippen LogP contribution in [0.1, 0.15) is 0 Å². The van der Waals surface area contributed by atoms with E-state index in [1.54, 1.807) is 0 Å². The van der Waals surface area contributed by atoms with Crippen LogP contribution in [0.5, 0.6) is 0 Å². The number of nitrogen functional groups attached to an aromatic ring is 1. The van der Waals surface area contributed by atoms with Gasteiger partial charge in [-0.2, -0.15) is 4.98 Å². The van der Waals surface area contributed by atoms with Crippen molar-refractivity contribution in [1.29, 1.82) is 0 Å². The fourth-order valence-corrected chi connectivity index (χ4v) is 0.860. The maximum atomic E-state index is 11.0. The number of rotatable bonds is 0. The van der Waals surface area contributed by atoms with Crippen LogP contribution in [-0.2, 0) is 4.57 Å². The molecule has 0 amide bonds. The van der Waals surface area contributed by atoms with E-state index in [9.17, 15) is 4.79 Å². The van der Waals surface area contributed by atoms with Gasteiger partial charge in [0.25, 0.3) is 13.4 Å². The van der Waals surface area contributed by atoms with Crippen molar-refractivity contribution in [3.05, 3.63) is 16.7 Å². The largest absolute Gasteiger partial charge is 1.00 e. The summed E-state index contributed by atoms with van der Waals surface area (Å²) in [5, 5.41) is 0. The predicted octanol–water partition coefficient (Wildman–Crippen LogP) is -5.33. The van der Waals surface area contributed by atoms with Crippen LogP contribution in [0.25, 0.3) is 11.2 Å². The van der Waals surface area contributed by atoms with Crippen molar-refractivity contribution in [3.63, 3.8) is 0 Å². The van der Waals surface area contributed by atoms with Crippen LogP contribution >= 0.6 is 7.82 Å². The van der Waals surface area contributed by atoms with Gasteiger partial charge < -0.3 is 25.4 Å². The van der Waals surface area contributed by atoms with Crippen molar-refractivity contribution in [3.8, 4) is 0 Å². The Balaban J connectivity index is 0.000000373. The van der Waals surface area contributed by atoms with Crippen LogP contribution in [0, 0.1) is 0 Å². The van der Waals surface area contributed by atoms with E-state index < -0.39 is 7.82 Å². The summed E-state index contributed by atoms with van der Waals surface area (Å²) < 4.78 is 8.77. The van der Waals surface area contributed by atoms with Crippen LogP contribution in [-0.4, -0.2) is 29.7 Å². The predicted molar refractivity (Wildman–Crippen MR) is 51.0 cm³/mol. The minimum atomic E-state index is -4.89. The zero-order chi connectivity index (χ0) is 12.3. The molecule has 10 nitrogen and oxygen atoms in total. The molecule has 0 aromatic carbocycles. The number of anilines is 1. The topological polar surface area (TPSA) is 181 Å². The average Bonchev–Trinajstić information content (AvgIpc) is 2.47. The molecule has 6 N–H and O–H groups in total. The molecule has 0 radical (unpaired) electrons. The zero-order valence-electron chi connectivity index (χ0n) is 8.62. The Hall–Kier alpha value is -0.740. The molecule has 88 valence electrons. The maximum Gasteiger partial charge on any atom is 1.00 e. The van der Waals surface area contributed by atoms with Crippen molar-refractivity contribution in [2.75, 3.05) is 5.73 Å². The fraction of sp³-hybridized carbons (Fsp3) is 0. The SMILES string of the molecule is Nc1nc2nc[nH]c2c(=O)[nH]1.O=P([O-])(O)O.[Na+]. The molecule has 0 atom stereocenters. The van der Waals surface area contributed by atoms with E-state index in [4.69, 9.17) is 25.0 Å². The minimum absolute atomic E-state index is 0. The van der Waals surface area contributed by atoms with Crippen molar-refractivity contribution in [2.45, 2.75) is 0 Å². The molecule has 0 aliphatic heterocycles. The summed E-state index contributed by atoms with van der Waals surface area (Å²) in [6, 6.07) is 0. The van der Waals surface area contributed by atoms with Crippen molar-refractivity contribution in [2.24, 2.45) is 0 Å². The molecule has 0 fully saturated rings. The van der Waals surface area contributed by atoms with Crippen LogP contribution in [0.3, 0.4) is 0 Å². The van der Waals surface area contributed by atoms with Gasteiger partial charge in [0.05, 0.1) is 6.33 Å². The van der Waals surface area contributed by atoms with E-state index in [-0.39, 0.29) is 41.1 Å². The second-order valence-electron chi connectivity index (χ2n) is 2.54. The Bertz CT molecular complexity index is 581. The molecule has 0 unspecified atom stereocenters. The summed E-state index contributed by atoms with van der Waals surface area (Å²) >= 11 is 0. The molecule has 0 spiro atoms. The molecule has 0 saturated heterocycles. The van der Waals surface area contributed by atoms with Gasteiger partial charge in [-0.1, -0.05) is 0 Å². The van der Waals surface area contributed by atoms with Crippen LogP contribution in [0.2, 0.25) is 0 Å². The first-order chi connectivity index (χ1) is 7.27. The molecule has 17 heavy (non-hydrogen) atoms. The van der Waals surface area contributed by atoms with Crippen LogP contribution in [0.4, 0.5) is 5.95 Å². The summed E-state index contributed by atoms with van der Waals surface area (Å²) in [5.74, 6) is 0.0783. The van der Waals surface area contributed by atoms with Gasteiger partial charge >= 0.3 is 29.6 Å². The molecule has 2 aromatic rings.